The monoisotopic (exact) mass is 564 g/mol. The first-order chi connectivity index (χ1) is 17.2. The minimum atomic E-state index is -4.42. The van der Waals surface area contributed by atoms with Crippen LogP contribution < -0.4 is 15.4 Å². The summed E-state index contributed by atoms with van der Waals surface area (Å²) < 4.78 is 55.1. The first-order valence-corrected chi connectivity index (χ1v) is 11.9. The molecule has 3 aromatic rings. The highest BCUT2D eigenvalue weighted by Crippen LogP contribution is 2.37. The van der Waals surface area contributed by atoms with Gasteiger partial charge in [-0.3, -0.25) is 4.79 Å². The maximum Gasteiger partial charge on any atom is 0.416 e. The number of nitrogen functional groups attached to an aromatic ring is 1. The Hall–Kier alpha value is -3.08. The molecule has 6 nitrogen and oxygen atoms in total. The average molecular weight is 565 g/mol. The van der Waals surface area contributed by atoms with Crippen molar-refractivity contribution in [2.75, 3.05) is 44.3 Å². The number of hydrogen-bond donors (Lipinski definition) is 1. The summed E-state index contributed by atoms with van der Waals surface area (Å²) >= 11 is 3.25. The summed E-state index contributed by atoms with van der Waals surface area (Å²) in [6.07, 6.45) is -3.84. The number of ether oxygens (including phenoxy) is 3. The molecule has 1 amide bonds. The fourth-order valence-electron chi connectivity index (χ4n) is 3.97. The van der Waals surface area contributed by atoms with Crippen LogP contribution >= 0.6 is 15.9 Å². The molecule has 10 heteroatoms. The van der Waals surface area contributed by atoms with Crippen LogP contribution in [-0.4, -0.2) is 39.6 Å². The number of carbonyl (C=O) groups excluding carboxylic acids is 1. The summed E-state index contributed by atoms with van der Waals surface area (Å²) in [5.74, 6) is 0.276. The molecule has 3 aromatic carbocycles. The molecule has 1 heterocycles. The first-order valence-electron chi connectivity index (χ1n) is 11.1. The van der Waals surface area contributed by atoms with Crippen LogP contribution in [0.15, 0.2) is 59.1 Å². The predicted octanol–water partition coefficient (Wildman–Crippen LogP) is 5.92. The van der Waals surface area contributed by atoms with Crippen molar-refractivity contribution in [2.24, 2.45) is 0 Å². The van der Waals surface area contributed by atoms with Gasteiger partial charge in [0, 0.05) is 29.4 Å². The van der Waals surface area contributed by atoms with Gasteiger partial charge in [-0.2, -0.15) is 13.2 Å². The fraction of sp³-hybridized carbons (Fsp3) is 0.269. The molecule has 0 fully saturated rings. The summed E-state index contributed by atoms with van der Waals surface area (Å²) in [5.41, 5.74) is 9.15. The van der Waals surface area contributed by atoms with E-state index >= 15 is 0 Å². The molecule has 0 spiro atoms. The second-order valence-corrected chi connectivity index (χ2v) is 9.01. The maximum atomic E-state index is 13.2. The Balaban J connectivity index is 1.50. The Morgan fingerprint density at radius 1 is 1.03 bits per heavy atom. The van der Waals surface area contributed by atoms with Crippen molar-refractivity contribution < 1.29 is 32.2 Å². The van der Waals surface area contributed by atoms with Crippen molar-refractivity contribution in [3.8, 4) is 16.9 Å². The zero-order valence-corrected chi connectivity index (χ0v) is 21.0. The van der Waals surface area contributed by atoms with Crippen molar-refractivity contribution in [1.82, 2.24) is 0 Å². The largest absolute Gasteiger partial charge is 0.465 e. The zero-order chi connectivity index (χ0) is 25.9. The van der Waals surface area contributed by atoms with Gasteiger partial charge in [0.1, 0.15) is 5.75 Å². The number of rotatable bonds is 8. The van der Waals surface area contributed by atoms with Crippen LogP contribution in [0.1, 0.15) is 21.5 Å². The molecule has 0 aliphatic carbocycles. The van der Waals surface area contributed by atoms with Crippen molar-refractivity contribution in [1.29, 1.82) is 0 Å². The van der Waals surface area contributed by atoms with E-state index in [9.17, 15) is 18.0 Å². The van der Waals surface area contributed by atoms with Crippen LogP contribution in [0.2, 0.25) is 0 Å². The van der Waals surface area contributed by atoms with E-state index in [1.165, 1.54) is 6.07 Å². The van der Waals surface area contributed by atoms with Gasteiger partial charge in [0.25, 0.3) is 5.91 Å². The summed E-state index contributed by atoms with van der Waals surface area (Å²) in [6, 6.07) is 14.0. The van der Waals surface area contributed by atoms with E-state index in [4.69, 9.17) is 19.9 Å². The van der Waals surface area contributed by atoms with Gasteiger partial charge in [-0.25, -0.2) is 0 Å². The highest BCUT2D eigenvalue weighted by molar-refractivity contribution is 9.10. The molecule has 190 valence electrons. The molecule has 0 radical (unpaired) electrons. The number of amides is 1. The lowest BCUT2D eigenvalue weighted by molar-refractivity contribution is -0.137. The number of anilines is 2. The second-order valence-electron chi connectivity index (χ2n) is 8.16. The molecule has 36 heavy (non-hydrogen) atoms. The lowest BCUT2D eigenvalue weighted by Crippen LogP contribution is -2.37. The Morgan fingerprint density at radius 3 is 2.50 bits per heavy atom. The number of fused-ring (bicyclic) bond motifs is 1. The van der Waals surface area contributed by atoms with Crippen molar-refractivity contribution in [3.63, 3.8) is 0 Å². The lowest BCUT2D eigenvalue weighted by atomic mass is 9.93. The molecular weight excluding hydrogens is 541 g/mol. The third kappa shape index (κ3) is 5.66. The maximum absolute atomic E-state index is 13.2. The van der Waals surface area contributed by atoms with Crippen molar-refractivity contribution in [2.45, 2.75) is 12.6 Å². The highest BCUT2D eigenvalue weighted by atomic mass is 79.9. The molecule has 0 unspecified atom stereocenters. The SMILES string of the molecule is COCCOCOc1ccc(N2CCc3cc(-c4ccc(C(F)(F)F)cc4Br)ccc3C2=O)cc1N. The predicted molar refractivity (Wildman–Crippen MR) is 134 cm³/mol. The standard InChI is InChI=1S/C26H24BrF3N2O4/c1-34-10-11-35-15-36-24-7-4-19(14-23(24)31)32-9-8-17-12-16(2-5-21(17)25(32)33)20-6-3-18(13-22(20)27)26(28,29)30/h2-7,12-14H,8-11,15,31H2,1H3. The van der Waals surface area contributed by atoms with E-state index in [0.717, 1.165) is 23.3 Å². The Morgan fingerprint density at radius 2 is 1.81 bits per heavy atom. The Bertz CT molecular complexity index is 1270. The number of methoxy groups -OCH3 is 1. The molecule has 0 saturated carbocycles. The van der Waals surface area contributed by atoms with E-state index in [1.54, 1.807) is 42.3 Å². The molecule has 0 aromatic heterocycles. The Kier molecular flexibility index (Phi) is 7.87. The van der Waals surface area contributed by atoms with Gasteiger partial charge in [0.2, 0.25) is 0 Å². The van der Waals surface area contributed by atoms with E-state index < -0.39 is 11.7 Å². The highest BCUT2D eigenvalue weighted by Gasteiger charge is 2.31. The zero-order valence-electron chi connectivity index (χ0n) is 19.4. The number of alkyl halides is 3. The number of hydrogen-bond acceptors (Lipinski definition) is 5. The molecule has 0 saturated heterocycles. The molecule has 1 aliphatic rings. The quantitative estimate of drug-likeness (QED) is 0.209. The number of nitrogens with two attached hydrogens (primary N) is 1. The van der Waals surface area contributed by atoms with Crippen LogP contribution in [0.5, 0.6) is 5.75 Å². The number of carbonyl (C=O) groups is 1. The van der Waals surface area contributed by atoms with Crippen molar-refractivity contribution >= 4 is 33.2 Å². The second kappa shape index (κ2) is 10.9. The van der Waals surface area contributed by atoms with Gasteiger partial charge >= 0.3 is 6.18 Å². The average Bonchev–Trinajstić information content (AvgIpc) is 2.84. The first kappa shape index (κ1) is 26.0. The Labute approximate surface area is 214 Å². The van der Waals surface area contributed by atoms with E-state index in [1.807, 2.05) is 6.07 Å². The topological polar surface area (TPSA) is 74.0 Å². The number of nitrogens with zero attached hydrogens (tertiary/aromatic N) is 1. The minimum absolute atomic E-state index is 0.0281. The van der Waals surface area contributed by atoms with Gasteiger partial charge in [-0.05, 0) is 59.5 Å². The van der Waals surface area contributed by atoms with Crippen LogP contribution in [0.25, 0.3) is 11.1 Å². The summed E-state index contributed by atoms with van der Waals surface area (Å²) in [7, 11) is 1.58. The molecule has 0 atom stereocenters. The van der Waals surface area contributed by atoms with E-state index in [-0.39, 0.29) is 12.7 Å². The van der Waals surface area contributed by atoms with Crippen LogP contribution in [0.3, 0.4) is 0 Å². The lowest BCUT2D eigenvalue weighted by Gasteiger charge is -2.29. The fourth-order valence-corrected chi connectivity index (χ4v) is 4.58. The molecule has 1 aliphatic heterocycles. The summed E-state index contributed by atoms with van der Waals surface area (Å²) in [5, 5.41) is 0. The van der Waals surface area contributed by atoms with Gasteiger partial charge < -0.3 is 24.8 Å². The third-order valence-electron chi connectivity index (χ3n) is 5.83. The molecular formula is C26H24BrF3N2O4. The van der Waals surface area contributed by atoms with Gasteiger partial charge in [0.15, 0.2) is 6.79 Å². The molecule has 0 bridgehead atoms. The normalized spacial score (nSPS) is 13.6. The van der Waals surface area contributed by atoms with Crippen molar-refractivity contribution in [3.05, 3.63) is 75.8 Å². The molecule has 2 N–H and O–H groups in total. The van der Waals surface area contributed by atoms with Crippen LogP contribution in [-0.2, 0) is 22.1 Å². The summed E-state index contributed by atoms with van der Waals surface area (Å²) in [4.78, 5) is 14.9. The van der Waals surface area contributed by atoms with Gasteiger partial charge in [-0.1, -0.05) is 34.1 Å². The smallest absolute Gasteiger partial charge is 0.416 e. The third-order valence-corrected chi connectivity index (χ3v) is 6.48. The van der Waals surface area contributed by atoms with E-state index in [0.29, 0.717) is 58.9 Å². The van der Waals surface area contributed by atoms with Crippen LogP contribution in [0, 0.1) is 0 Å². The van der Waals surface area contributed by atoms with Crippen LogP contribution in [0.4, 0.5) is 24.5 Å². The minimum Gasteiger partial charge on any atom is -0.465 e. The van der Waals surface area contributed by atoms with Gasteiger partial charge in [-0.15, -0.1) is 0 Å². The number of benzene rings is 3. The number of halogens is 4. The molecule has 4 rings (SSSR count). The van der Waals surface area contributed by atoms with Gasteiger partial charge in [0.05, 0.1) is 24.5 Å². The summed E-state index contributed by atoms with van der Waals surface area (Å²) in [6.45, 7) is 1.32. The van der Waals surface area contributed by atoms with E-state index in [2.05, 4.69) is 15.9 Å².